The minimum Gasteiger partial charge on any atom is -0.246 e. The molecule has 10 nitrogen and oxygen atoms in total. The minimum atomic E-state index is -0.553. The van der Waals surface area contributed by atoms with E-state index in [1.807, 2.05) is 0 Å². The largest absolute Gasteiger partial charge is 0.347 e. The van der Waals surface area contributed by atoms with Crippen LogP contribution < -0.4 is 22.8 Å². The molecule has 3 fully saturated rings. The summed E-state index contributed by atoms with van der Waals surface area (Å²) in [5, 5.41) is 0. The van der Waals surface area contributed by atoms with E-state index in [2.05, 4.69) is 13.8 Å². The van der Waals surface area contributed by atoms with Gasteiger partial charge in [0.25, 0.3) is 0 Å². The van der Waals surface area contributed by atoms with E-state index < -0.39 is 11.1 Å². The summed E-state index contributed by atoms with van der Waals surface area (Å²) in [6.45, 7) is 4.20. The maximum absolute atomic E-state index is 13.1. The fraction of sp³-hybridized carbons (Fsp3) is 0.789. The molecule has 10 heteroatoms. The van der Waals surface area contributed by atoms with Gasteiger partial charge in [-0.15, -0.1) is 0 Å². The van der Waals surface area contributed by atoms with Crippen LogP contribution in [0.3, 0.4) is 0 Å². The lowest BCUT2D eigenvalue weighted by atomic mass is 9.51. The maximum Gasteiger partial charge on any atom is 0.347 e. The summed E-state index contributed by atoms with van der Waals surface area (Å²) in [6, 6.07) is -0.260. The summed E-state index contributed by atoms with van der Waals surface area (Å²) in [6.07, 6.45) is 4.09. The predicted molar refractivity (Wildman–Crippen MR) is 101 cm³/mol. The van der Waals surface area contributed by atoms with Crippen molar-refractivity contribution in [3.05, 3.63) is 41.9 Å². The molecule has 4 aliphatic heterocycles. The Morgan fingerprint density at radius 2 is 1.07 bits per heavy atom. The average Bonchev–Trinajstić information content (AvgIpc) is 3.36. The van der Waals surface area contributed by atoms with E-state index >= 15 is 0 Å². The lowest BCUT2D eigenvalue weighted by Crippen LogP contribution is -2.73. The molecule has 6 heterocycles. The van der Waals surface area contributed by atoms with Gasteiger partial charge in [-0.3, -0.25) is 0 Å². The number of nitrogens with zero attached hydrogens (tertiary/aromatic N) is 6. The van der Waals surface area contributed by atoms with Crippen molar-refractivity contribution in [2.24, 2.45) is 24.9 Å². The van der Waals surface area contributed by atoms with Gasteiger partial charge in [0, 0.05) is 24.9 Å². The minimum absolute atomic E-state index is 0.130. The highest BCUT2D eigenvalue weighted by Gasteiger charge is 2.93. The highest BCUT2D eigenvalue weighted by atomic mass is 16.2. The van der Waals surface area contributed by atoms with Crippen molar-refractivity contribution in [3.8, 4) is 0 Å². The molecule has 0 radical (unpaired) electrons. The van der Waals surface area contributed by atoms with Crippen LogP contribution in [0.15, 0.2) is 19.2 Å². The van der Waals surface area contributed by atoms with Crippen LogP contribution in [0.25, 0.3) is 0 Å². The molecule has 4 bridgehead atoms. The topological polar surface area (TPSA) is 97.9 Å². The highest BCUT2D eigenvalue weighted by molar-refractivity contribution is 5.40. The van der Waals surface area contributed by atoms with Gasteiger partial charge in [0.15, 0.2) is 0 Å². The second kappa shape index (κ2) is 3.91. The van der Waals surface area contributed by atoms with Gasteiger partial charge in [-0.05, 0) is 46.0 Å². The molecule has 0 amide bonds. The summed E-state index contributed by atoms with van der Waals surface area (Å²) < 4.78 is 9.20. The first-order valence-corrected chi connectivity index (χ1v) is 10.4. The van der Waals surface area contributed by atoms with Crippen LogP contribution in [0.4, 0.5) is 0 Å². The number of aromatic nitrogens is 6. The second-order valence-corrected chi connectivity index (χ2v) is 10.3. The standard InChI is InChI=1S/C19H24N6O4/c1-16-7-5-11(22-12(26)20(3)14(28)24(16)22)19-9-18(16,19)10-6-8-17(19,2)25-15(29)21(4)13(27)23(10)25/h10-11H,5-9H2,1-4H3/t10-,11-,16-,17+,18?,19+/m1/s1. The Morgan fingerprint density at radius 3 is 1.45 bits per heavy atom. The first-order valence-electron chi connectivity index (χ1n) is 10.4. The van der Waals surface area contributed by atoms with Gasteiger partial charge in [0.1, 0.15) is 0 Å². The van der Waals surface area contributed by atoms with Crippen LogP contribution in [0.1, 0.15) is 58.0 Å². The van der Waals surface area contributed by atoms with Gasteiger partial charge < -0.3 is 0 Å². The summed E-state index contributed by atoms with van der Waals surface area (Å²) >= 11 is 0. The van der Waals surface area contributed by atoms with Crippen LogP contribution >= 0.6 is 0 Å². The Kier molecular flexibility index (Phi) is 2.20. The van der Waals surface area contributed by atoms with Crippen LogP contribution in [0, 0.1) is 10.8 Å². The molecule has 154 valence electrons. The van der Waals surface area contributed by atoms with Gasteiger partial charge in [-0.1, -0.05) is 0 Å². The molecular weight excluding hydrogens is 376 g/mol. The lowest BCUT2D eigenvalue weighted by Gasteiger charge is -2.66. The summed E-state index contributed by atoms with van der Waals surface area (Å²) in [5.41, 5.74) is -2.78. The smallest absolute Gasteiger partial charge is 0.246 e. The average molecular weight is 400 g/mol. The van der Waals surface area contributed by atoms with Crippen molar-refractivity contribution >= 4 is 0 Å². The van der Waals surface area contributed by atoms with E-state index in [-0.39, 0.29) is 45.7 Å². The molecule has 3 aliphatic carbocycles. The molecule has 9 rings (SSSR count). The van der Waals surface area contributed by atoms with Gasteiger partial charge in [0.2, 0.25) is 0 Å². The van der Waals surface area contributed by atoms with E-state index in [0.717, 1.165) is 32.1 Å². The third-order valence-electron chi connectivity index (χ3n) is 9.96. The molecule has 1 unspecified atom stereocenters. The van der Waals surface area contributed by atoms with Gasteiger partial charge in [-0.2, -0.15) is 0 Å². The fourth-order valence-corrected chi connectivity index (χ4v) is 8.87. The first kappa shape index (κ1) is 16.3. The summed E-state index contributed by atoms with van der Waals surface area (Å²) in [7, 11) is 3.08. The normalized spacial score (nSPS) is 45.0. The Morgan fingerprint density at radius 1 is 0.690 bits per heavy atom. The zero-order chi connectivity index (χ0) is 20.5. The Balaban J connectivity index is 1.67. The van der Waals surface area contributed by atoms with Crippen molar-refractivity contribution < 1.29 is 0 Å². The molecule has 2 aromatic heterocycles. The summed E-state index contributed by atoms with van der Waals surface area (Å²) in [5.74, 6) is 0. The molecule has 29 heavy (non-hydrogen) atoms. The van der Waals surface area contributed by atoms with E-state index in [9.17, 15) is 19.2 Å². The molecular formula is C19H24N6O4. The van der Waals surface area contributed by atoms with Crippen molar-refractivity contribution in [1.82, 2.24) is 27.9 Å². The number of fused-ring (bicyclic) bond motifs is 2. The maximum atomic E-state index is 13.1. The molecule has 6 atom stereocenters. The van der Waals surface area contributed by atoms with Crippen molar-refractivity contribution in [1.29, 1.82) is 0 Å². The summed E-state index contributed by atoms with van der Waals surface area (Å²) in [4.78, 5) is 52.3. The van der Waals surface area contributed by atoms with E-state index in [1.54, 1.807) is 18.7 Å². The van der Waals surface area contributed by atoms with Crippen LogP contribution in [0.5, 0.6) is 0 Å². The second-order valence-electron chi connectivity index (χ2n) is 10.3. The van der Waals surface area contributed by atoms with Crippen molar-refractivity contribution in [2.45, 2.75) is 69.1 Å². The molecule has 2 aromatic rings. The van der Waals surface area contributed by atoms with Crippen molar-refractivity contribution in [2.75, 3.05) is 0 Å². The van der Waals surface area contributed by atoms with Crippen LogP contribution in [-0.4, -0.2) is 27.9 Å². The molecule has 3 saturated carbocycles. The molecule has 0 spiro atoms. The van der Waals surface area contributed by atoms with Gasteiger partial charge in [-0.25, -0.2) is 47.0 Å². The molecule has 0 aromatic carbocycles. The van der Waals surface area contributed by atoms with Crippen molar-refractivity contribution in [3.63, 3.8) is 0 Å². The number of hydrogen-bond donors (Lipinski definition) is 0. The van der Waals surface area contributed by atoms with E-state index in [4.69, 9.17) is 0 Å². The molecule has 0 N–H and O–H groups in total. The number of hydrogen-bond acceptors (Lipinski definition) is 4. The van der Waals surface area contributed by atoms with E-state index in [1.165, 1.54) is 23.2 Å². The number of rotatable bonds is 0. The predicted octanol–water partition coefficient (Wildman–Crippen LogP) is -0.785. The van der Waals surface area contributed by atoms with Crippen LogP contribution in [0.2, 0.25) is 0 Å². The third-order valence-corrected chi connectivity index (χ3v) is 9.96. The zero-order valence-corrected chi connectivity index (χ0v) is 17.0. The Labute approximate surface area is 164 Å². The monoisotopic (exact) mass is 400 g/mol. The van der Waals surface area contributed by atoms with Crippen LogP contribution in [-0.2, 0) is 25.2 Å². The molecule has 0 saturated heterocycles. The SMILES string of the molecule is Cn1c(=O)n2n(c1=O)[C@]1(C)CC[C@@H]2[C@]23CC12[C@H]1CC[C@]3(C)n2c(=O)n(C)c(=O)n21. The molecule has 7 aliphatic rings. The quantitative estimate of drug-likeness (QED) is 0.579. The fourth-order valence-electron chi connectivity index (χ4n) is 8.87. The zero-order valence-electron chi connectivity index (χ0n) is 17.0. The van der Waals surface area contributed by atoms with Gasteiger partial charge >= 0.3 is 22.8 Å². The van der Waals surface area contributed by atoms with E-state index in [0.29, 0.717) is 0 Å². The third kappa shape index (κ3) is 1.11. The Hall–Kier alpha value is -2.52. The Bertz CT molecular complexity index is 1310. The highest BCUT2D eigenvalue weighted by Crippen LogP contribution is 2.92. The lowest BCUT2D eigenvalue weighted by molar-refractivity contribution is -0.185. The van der Waals surface area contributed by atoms with Gasteiger partial charge in [0.05, 0.1) is 23.2 Å². The first-order chi connectivity index (χ1) is 13.6.